The van der Waals surface area contributed by atoms with E-state index >= 15 is 0 Å². The monoisotopic (exact) mass is 786 g/mol. The van der Waals surface area contributed by atoms with E-state index in [2.05, 4.69) is 124 Å². The van der Waals surface area contributed by atoms with Gasteiger partial charge in [0.15, 0.2) is 0 Å². The normalized spacial score (nSPS) is 16.2. The summed E-state index contributed by atoms with van der Waals surface area (Å²) in [5.74, 6) is 3.84. The first-order valence-corrected chi connectivity index (χ1v) is 26.9. The summed E-state index contributed by atoms with van der Waals surface area (Å²) in [6.45, 7) is 13.6. The topological polar surface area (TPSA) is 26.3 Å². The molecule has 6 aromatic rings. The average Bonchev–Trinajstić information content (AvgIpc) is 3.87. The molecule has 0 saturated carbocycles. The van der Waals surface area contributed by atoms with E-state index in [9.17, 15) is 0 Å². The first-order chi connectivity index (χ1) is 24.1. The SMILES string of the molecule is Cc1ccc(C2=Cc3c(ccc(C)c3-c3cccc(Cl)c3)[CH]2[Zr]([CH]2C(c3ccc(C)o3)=Cc3c2ccc(C)c3-c2cccc(Cl)c2)=[Si](C)C)o1. The molecule has 0 bridgehead atoms. The summed E-state index contributed by atoms with van der Waals surface area (Å²) in [4.78, 5) is 0. The summed E-state index contributed by atoms with van der Waals surface area (Å²) >= 11 is 10.5. The summed E-state index contributed by atoms with van der Waals surface area (Å²) in [6, 6.07) is 34.6. The Morgan fingerprint density at radius 1 is 0.560 bits per heavy atom. The number of hydrogen-bond acceptors (Lipinski definition) is 2. The van der Waals surface area contributed by atoms with Gasteiger partial charge >= 0.3 is 315 Å². The predicted octanol–water partition coefficient (Wildman–Crippen LogP) is 13.5. The number of furan rings is 2. The second-order valence-electron chi connectivity index (χ2n) is 13.9. The molecule has 0 N–H and O–H groups in total. The van der Waals surface area contributed by atoms with Gasteiger partial charge in [0.05, 0.1) is 0 Å². The molecule has 2 atom stereocenters. The van der Waals surface area contributed by atoms with E-state index < -0.39 is 25.8 Å². The second-order valence-corrected chi connectivity index (χ2v) is 32.6. The van der Waals surface area contributed by atoms with Crippen molar-refractivity contribution in [2.75, 3.05) is 0 Å². The van der Waals surface area contributed by atoms with Gasteiger partial charge in [0.25, 0.3) is 0 Å². The maximum atomic E-state index is 6.59. The molecule has 6 heteroatoms. The fourth-order valence-electron chi connectivity index (χ4n) is 8.19. The van der Waals surface area contributed by atoms with Crippen LogP contribution in [0.4, 0.5) is 0 Å². The van der Waals surface area contributed by atoms with Gasteiger partial charge in [0.2, 0.25) is 0 Å². The van der Waals surface area contributed by atoms with E-state index in [-0.39, 0.29) is 0 Å². The summed E-state index contributed by atoms with van der Waals surface area (Å²) in [5.41, 5.74) is 14.7. The van der Waals surface area contributed by atoms with Crippen molar-refractivity contribution in [3.8, 4) is 22.3 Å². The van der Waals surface area contributed by atoms with E-state index in [1.54, 1.807) is 0 Å². The van der Waals surface area contributed by atoms with Crippen LogP contribution < -0.4 is 0 Å². The predicted molar refractivity (Wildman–Crippen MR) is 209 cm³/mol. The van der Waals surface area contributed by atoms with Crippen LogP contribution in [0, 0.1) is 27.7 Å². The molecule has 2 heterocycles. The van der Waals surface area contributed by atoms with Crippen molar-refractivity contribution in [3.63, 3.8) is 0 Å². The third-order valence-electron chi connectivity index (χ3n) is 10.3. The molecule has 4 aromatic carbocycles. The Bertz CT molecular complexity index is 2270. The Morgan fingerprint density at radius 2 is 1.00 bits per heavy atom. The van der Waals surface area contributed by atoms with Gasteiger partial charge in [-0.2, -0.15) is 0 Å². The van der Waals surface area contributed by atoms with E-state index in [1.165, 1.54) is 55.7 Å². The Kier molecular flexibility index (Phi) is 8.97. The van der Waals surface area contributed by atoms with Gasteiger partial charge in [-0.25, -0.2) is 0 Å². The van der Waals surface area contributed by atoms with E-state index in [4.69, 9.17) is 32.0 Å². The zero-order chi connectivity index (χ0) is 34.8. The summed E-state index contributed by atoms with van der Waals surface area (Å²) in [5, 5.41) is 1.50. The first-order valence-electron chi connectivity index (χ1n) is 17.1. The van der Waals surface area contributed by atoms with Crippen molar-refractivity contribution in [1.29, 1.82) is 0 Å². The van der Waals surface area contributed by atoms with E-state index in [1.807, 2.05) is 26.0 Å². The Hall–Kier alpha value is -3.40. The molecule has 0 saturated heterocycles. The van der Waals surface area contributed by atoms with Crippen molar-refractivity contribution in [1.82, 2.24) is 0 Å². The number of fused-ring (bicyclic) bond motifs is 2. The van der Waals surface area contributed by atoms with Gasteiger partial charge in [-0.05, 0) is 0 Å². The van der Waals surface area contributed by atoms with Crippen LogP contribution in [-0.4, -0.2) is 5.43 Å². The minimum atomic E-state index is -2.67. The van der Waals surface area contributed by atoms with Crippen LogP contribution in [0.15, 0.2) is 106 Å². The fraction of sp³-hybridized carbons (Fsp3) is 0.182. The molecular weight excluding hydrogens is 751 g/mol. The molecule has 2 aliphatic carbocycles. The van der Waals surface area contributed by atoms with Gasteiger partial charge in [-0.3, -0.25) is 0 Å². The number of benzene rings is 4. The van der Waals surface area contributed by atoms with Crippen molar-refractivity contribution < 1.29 is 29.2 Å². The van der Waals surface area contributed by atoms with Gasteiger partial charge in [0, 0.05) is 0 Å². The van der Waals surface area contributed by atoms with Crippen LogP contribution in [0.2, 0.25) is 23.1 Å². The van der Waals surface area contributed by atoms with Crippen molar-refractivity contribution in [2.45, 2.75) is 48.0 Å². The number of aryl methyl sites for hydroxylation is 4. The van der Waals surface area contributed by atoms with Crippen molar-refractivity contribution in [2.24, 2.45) is 0 Å². The quantitative estimate of drug-likeness (QED) is 0.157. The third-order valence-corrected chi connectivity index (χ3v) is 30.0. The molecule has 50 heavy (non-hydrogen) atoms. The third kappa shape index (κ3) is 5.83. The van der Waals surface area contributed by atoms with Crippen LogP contribution in [0.3, 0.4) is 0 Å². The average molecular weight is 789 g/mol. The van der Waals surface area contributed by atoms with Crippen LogP contribution >= 0.6 is 23.2 Å². The molecule has 2 aliphatic rings. The molecule has 8 rings (SSSR count). The van der Waals surface area contributed by atoms with E-state index in [0.29, 0.717) is 7.25 Å². The van der Waals surface area contributed by atoms with Gasteiger partial charge < -0.3 is 0 Å². The Morgan fingerprint density at radius 3 is 1.36 bits per heavy atom. The van der Waals surface area contributed by atoms with Gasteiger partial charge in [0.1, 0.15) is 0 Å². The molecule has 0 aliphatic heterocycles. The Labute approximate surface area is 312 Å². The van der Waals surface area contributed by atoms with Gasteiger partial charge in [-0.15, -0.1) is 0 Å². The molecule has 2 unspecified atom stereocenters. The van der Waals surface area contributed by atoms with Crippen LogP contribution in [-0.2, 0) is 20.4 Å². The minimum absolute atomic E-state index is 0.298. The zero-order valence-corrected chi connectivity index (χ0v) is 34.1. The fourth-order valence-corrected chi connectivity index (χ4v) is 28.4. The van der Waals surface area contributed by atoms with Crippen molar-refractivity contribution in [3.05, 3.63) is 164 Å². The number of allylic oxidation sites excluding steroid dienone is 2. The standard InChI is InChI=1S/2C21H16ClO.C2H6Si.Zr/c2*1-13-6-8-15-10-17(20-9-7-14(2)23-20)12-19(15)21(13)16-4-3-5-18(22)11-16;1-3-2;/h2*3-12H,1-2H3;1-2H3;. The number of rotatable bonds is 6. The van der Waals surface area contributed by atoms with Crippen molar-refractivity contribution >= 4 is 51.9 Å². The molecule has 2 aromatic heterocycles. The molecule has 248 valence electrons. The molecule has 0 spiro atoms. The van der Waals surface area contributed by atoms with Gasteiger partial charge in [-0.1, -0.05) is 0 Å². The summed E-state index contributed by atoms with van der Waals surface area (Å²) < 4.78 is 13.6. The summed E-state index contributed by atoms with van der Waals surface area (Å²) in [6.07, 6.45) is 4.91. The van der Waals surface area contributed by atoms with Crippen LogP contribution in [0.5, 0.6) is 0 Å². The molecule has 0 fully saturated rings. The van der Waals surface area contributed by atoms with Crippen LogP contribution in [0.1, 0.15) is 63.7 Å². The Balaban J connectivity index is 1.40. The van der Waals surface area contributed by atoms with Crippen LogP contribution in [0.25, 0.3) is 45.6 Å². The molecule has 0 radical (unpaired) electrons. The first kappa shape index (κ1) is 33.7. The number of halogens is 2. The number of hydrogen-bond donors (Lipinski definition) is 0. The maximum absolute atomic E-state index is 6.59. The molecule has 2 nitrogen and oxygen atoms in total. The second kappa shape index (κ2) is 13.3. The van der Waals surface area contributed by atoms with E-state index in [0.717, 1.165) is 44.2 Å². The zero-order valence-electron chi connectivity index (χ0n) is 29.1. The molecular formula is C44H38Cl2O2SiZr. The molecule has 0 amide bonds. The summed E-state index contributed by atoms with van der Waals surface area (Å²) in [7, 11) is 0.